The number of rotatable bonds is 25. The van der Waals surface area contributed by atoms with Crippen LogP contribution < -0.4 is 30.9 Å². The zero-order valence-electron chi connectivity index (χ0n) is 51.4. The molecule has 0 spiro atoms. The maximum absolute atomic E-state index is 15.6. The summed E-state index contributed by atoms with van der Waals surface area (Å²) in [6, 6.07) is 1.39. The lowest BCUT2D eigenvalue weighted by atomic mass is 9.73. The Kier molecular flexibility index (Phi) is 26.9. The van der Waals surface area contributed by atoms with Gasteiger partial charge in [-0.05, 0) is 55.3 Å². The summed E-state index contributed by atoms with van der Waals surface area (Å²) in [4.78, 5) is 62.5. The molecule has 0 radical (unpaired) electrons. The molecule has 30 heteroatoms. The minimum atomic E-state index is -2.66. The first-order valence-electron chi connectivity index (χ1n) is 28.4. The summed E-state index contributed by atoms with van der Waals surface area (Å²) in [6.45, 7) is 12.6. The molecule has 4 aliphatic heterocycles. The van der Waals surface area contributed by atoms with Crippen molar-refractivity contribution in [2.45, 2.75) is 175 Å². The molecule has 2 aliphatic carbocycles. The number of hydrogen-bond acceptors (Lipinski definition) is 28. The third-order valence-electron chi connectivity index (χ3n) is 15.2. The highest BCUT2D eigenvalue weighted by Crippen LogP contribution is 2.44. The van der Waals surface area contributed by atoms with Crippen molar-refractivity contribution in [2.24, 2.45) is 0 Å². The zero-order chi connectivity index (χ0) is 64.9. The molecular weight excluding hydrogens is 1240 g/mol. The fourth-order valence-corrected chi connectivity index (χ4v) is 14.1. The monoisotopic (exact) mass is 1320 g/mol. The van der Waals surface area contributed by atoms with Crippen LogP contribution in [0.15, 0.2) is 59.5 Å². The first kappa shape index (κ1) is 71.8. The second kappa shape index (κ2) is 33.3. The van der Waals surface area contributed by atoms with E-state index in [2.05, 4.69) is 51.7 Å². The van der Waals surface area contributed by atoms with Gasteiger partial charge in [-0.25, -0.2) is 9.59 Å². The largest absolute Gasteiger partial charge is 0.493 e. The van der Waals surface area contributed by atoms with Crippen LogP contribution >= 0.6 is 43.2 Å². The lowest BCUT2D eigenvalue weighted by molar-refractivity contribution is -0.336. The van der Waals surface area contributed by atoms with Crippen LogP contribution in [-0.4, -0.2) is 226 Å². The number of thioether (sulfide) groups is 1. The van der Waals surface area contributed by atoms with E-state index in [1.165, 1.54) is 95.7 Å². The van der Waals surface area contributed by atoms with E-state index in [-0.39, 0.29) is 88.3 Å². The molecule has 4 fully saturated rings. The number of ether oxygens (including phenoxy) is 13. The molecule has 6 aliphatic rings. The van der Waals surface area contributed by atoms with E-state index in [9.17, 15) is 34.8 Å². The topological polar surface area (TPSA) is 327 Å². The maximum atomic E-state index is 15.6. The Morgan fingerprint density at radius 1 is 0.854 bits per heavy atom. The number of anilines is 1. The average molecular weight is 1330 g/mol. The van der Waals surface area contributed by atoms with E-state index < -0.39 is 134 Å². The minimum absolute atomic E-state index is 0.0843. The predicted molar refractivity (Wildman–Crippen MR) is 330 cm³/mol. The fraction of sp³-hybridized carbons (Fsp3) is 0.627. The number of fused-ring (bicyclic) bond motifs is 2. The zero-order valence-corrected chi connectivity index (χ0v) is 54.6. The Morgan fingerprint density at radius 2 is 1.56 bits per heavy atom. The third kappa shape index (κ3) is 17.6. The minimum Gasteiger partial charge on any atom is -0.493 e. The van der Waals surface area contributed by atoms with Gasteiger partial charge in [-0.1, -0.05) is 71.8 Å². The first-order valence-corrected chi connectivity index (χ1v) is 33.8. The van der Waals surface area contributed by atoms with Crippen molar-refractivity contribution in [1.82, 2.24) is 16.1 Å². The van der Waals surface area contributed by atoms with Crippen LogP contribution in [0.3, 0.4) is 0 Å². The number of aliphatic hydroxyl groups is 4. The number of nitrogens with one attached hydrogen (secondary N) is 4. The third-order valence-corrected chi connectivity index (χ3v) is 20.2. The van der Waals surface area contributed by atoms with Crippen LogP contribution in [0.5, 0.6) is 11.5 Å². The van der Waals surface area contributed by atoms with Gasteiger partial charge < -0.3 is 92.6 Å². The van der Waals surface area contributed by atoms with E-state index in [0.29, 0.717) is 0 Å². The number of hydrogen-bond donors (Lipinski definition) is 8. The number of carbonyl (C=O) groups is 4. The molecular formula is C59H80N4O22S4. The summed E-state index contributed by atoms with van der Waals surface area (Å²) in [7, 11) is 10.8. The van der Waals surface area contributed by atoms with Crippen LogP contribution in [0.25, 0.3) is 0 Å². The van der Waals surface area contributed by atoms with Crippen LogP contribution in [0.2, 0.25) is 0 Å². The van der Waals surface area contributed by atoms with Crippen molar-refractivity contribution in [3.05, 3.63) is 65.1 Å². The molecule has 7 rings (SSSR count). The van der Waals surface area contributed by atoms with Gasteiger partial charge in [0.15, 0.2) is 54.1 Å². The number of benzene rings is 1. The lowest BCUT2D eigenvalue weighted by Gasteiger charge is -2.47. The molecule has 8 N–H and O–H groups in total. The number of aliphatic hydroxyl groups excluding tert-OH is 3. The predicted octanol–water partition coefficient (Wildman–Crippen LogP) is 3.42. The van der Waals surface area contributed by atoms with Gasteiger partial charge in [0.05, 0.1) is 99.8 Å². The van der Waals surface area contributed by atoms with Crippen LogP contribution in [0.1, 0.15) is 64.2 Å². The number of esters is 1. The summed E-state index contributed by atoms with van der Waals surface area (Å²) >= 11 is 1.47. The van der Waals surface area contributed by atoms with Gasteiger partial charge in [-0.2, -0.15) is 17.2 Å². The Bertz CT molecular complexity index is 2890. The molecule has 89 heavy (non-hydrogen) atoms. The number of Topliss-reactive ketones (excluding diaryl/α,β-unsaturated/α-hetero) is 1. The fourth-order valence-electron chi connectivity index (χ4n) is 10.8. The number of ketones is 1. The maximum Gasteiger partial charge on any atom is 0.411 e. The van der Waals surface area contributed by atoms with Crippen molar-refractivity contribution in [3.63, 3.8) is 0 Å². The molecule has 26 nitrogen and oxygen atoms in total. The number of amides is 2. The number of methoxy groups -OCH3 is 5. The van der Waals surface area contributed by atoms with E-state index in [1.54, 1.807) is 20.1 Å². The van der Waals surface area contributed by atoms with E-state index in [4.69, 9.17) is 66.4 Å². The van der Waals surface area contributed by atoms with Gasteiger partial charge >= 0.3 is 12.1 Å². The van der Waals surface area contributed by atoms with Gasteiger partial charge in [0.2, 0.25) is 5.78 Å². The lowest BCUT2D eigenvalue weighted by Crippen LogP contribution is -2.65. The first-order chi connectivity index (χ1) is 42.5. The number of hydroxylamine groups is 1. The molecule has 1 unspecified atom stereocenters. The van der Waals surface area contributed by atoms with Gasteiger partial charge in [0, 0.05) is 61.4 Å². The van der Waals surface area contributed by atoms with Crippen molar-refractivity contribution in [3.8, 4) is 35.2 Å². The summed E-state index contributed by atoms with van der Waals surface area (Å²) < 4.78 is 77.9. The van der Waals surface area contributed by atoms with E-state index in [1.807, 2.05) is 33.3 Å². The standard InChI is InChI=1S/C59H80N4O22S4/c1-28(2)60-36-27-77-43(25-39(36)73-8)83-52-50(66)47(63-85-45-24-37(64)53(86-12)31(5)79-45)29(3)80-57(52)82-38-18-16-14-15-17-20-59(71)34(19-21-88-89-87-13)46(38)48(62-58(70)76-11)51(67)54(59)84-44-26-42(49(65)30(4)78-44)81-56(69)33-22-40(74-9)41(75-10)23-35(33)61-55(68)32(6)72-7/h14-15,19,22-23,28-31,36-39,42-45,47,49-50,52-54,57,60,63-66,71H,6,21,24-27H2,1-5,7-13H3,(H,61,68)(H,62,70)/t29-,30+,31-,36+,37+,38+,39+,42+,43+,44?,45+,47-,49+,50+,52-,53-,54-,57+,59-/m1/s1. The summed E-state index contributed by atoms with van der Waals surface area (Å²) in [5.74, 6) is 8.60. The second-order valence-corrected chi connectivity index (χ2v) is 26.8. The number of allylic oxidation sites excluding steroid dienone is 2. The smallest absolute Gasteiger partial charge is 0.411 e. The van der Waals surface area contributed by atoms with E-state index >= 15 is 4.79 Å². The molecule has 1 aromatic rings. The second-order valence-electron chi connectivity index (χ2n) is 21.4. The highest BCUT2D eigenvalue weighted by Gasteiger charge is 2.57. The molecule has 4 heterocycles. The van der Waals surface area contributed by atoms with Crippen molar-refractivity contribution in [1.29, 1.82) is 0 Å². The van der Waals surface area contributed by atoms with Crippen molar-refractivity contribution >= 4 is 72.6 Å². The van der Waals surface area contributed by atoms with Gasteiger partial charge in [0.1, 0.15) is 30.5 Å². The molecule has 2 amide bonds. The highest BCUT2D eigenvalue weighted by molar-refractivity contribution is 9.09. The summed E-state index contributed by atoms with van der Waals surface area (Å²) in [5, 5.41) is 56.8. The molecule has 19 atom stereocenters. The molecule has 1 aromatic carbocycles. The molecule has 0 aromatic heterocycles. The van der Waals surface area contributed by atoms with Crippen LogP contribution in [0, 0.1) is 23.7 Å². The van der Waals surface area contributed by atoms with Crippen LogP contribution in [0.4, 0.5) is 10.5 Å². The molecule has 2 bridgehead atoms. The Labute approximate surface area is 533 Å². The van der Waals surface area contributed by atoms with Gasteiger partial charge in [-0.15, -0.1) is 0 Å². The van der Waals surface area contributed by atoms with E-state index in [0.717, 1.165) is 7.11 Å². The Balaban J connectivity index is 1.27. The van der Waals surface area contributed by atoms with Gasteiger partial charge in [-0.3, -0.25) is 19.7 Å². The average Bonchev–Trinajstić information content (AvgIpc) is 0.971. The molecule has 492 valence electrons. The van der Waals surface area contributed by atoms with Crippen molar-refractivity contribution < 1.29 is 106 Å². The Hall–Kier alpha value is -4.62. The quantitative estimate of drug-likeness (QED) is 0.0132. The van der Waals surface area contributed by atoms with Gasteiger partial charge in [0.25, 0.3) is 5.91 Å². The highest BCUT2D eigenvalue weighted by atomic mass is 33.5. The Morgan fingerprint density at radius 3 is 2.22 bits per heavy atom. The number of alkyl carbamates (subject to hydrolysis) is 1. The number of carbonyl (C=O) groups excluding carboxylic acids is 4. The SMILES string of the molecule is C=C(OC)C(=O)Nc1cc(OC)c(OC)cc1C(=O)O[C@H]1CC(O[C@@H]2C(=O)C(NC(=O)OC)=C3C(=CCSSSC)[C@]2(O)C#CC=CC#C[C@@H]3O[C@@H]2O[C@H](C)[C@@H](NO[C@H]3C[C@H](O)[C@H](SC)[C@@H](C)O3)[C@H](O)[C@H]2O[C@H]2C[C@H](OC)[C@@H](NC(C)C)CO2)O[C@@H](C)[C@@H]1O. The molecule has 0 saturated carbocycles. The van der Waals surface area contributed by atoms with Crippen molar-refractivity contribution in [2.75, 3.05) is 65.7 Å². The normalized spacial score (nSPS) is 34.1. The summed E-state index contributed by atoms with van der Waals surface area (Å²) in [5.41, 5.74) is -0.949. The van der Waals surface area contributed by atoms with Crippen LogP contribution in [-0.2, 0) is 66.5 Å². The molecule has 4 saturated heterocycles. The summed E-state index contributed by atoms with van der Waals surface area (Å²) in [6.07, 6.45) is -11.7.